The van der Waals surface area contributed by atoms with Crippen LogP contribution in [0.5, 0.6) is 0 Å². The Morgan fingerprint density at radius 3 is 2.38 bits per heavy atom. The summed E-state index contributed by atoms with van der Waals surface area (Å²) in [6, 6.07) is 1.46. The summed E-state index contributed by atoms with van der Waals surface area (Å²) in [6.45, 7) is 1.74. The highest BCUT2D eigenvalue weighted by atomic mass is 19.2. The van der Waals surface area contributed by atoms with Gasteiger partial charge in [-0.3, -0.25) is 0 Å². The molecule has 1 aromatic rings. The fourth-order valence-corrected chi connectivity index (χ4v) is 1.05. The second-order valence-corrected chi connectivity index (χ2v) is 2.78. The van der Waals surface area contributed by atoms with Crippen molar-refractivity contribution >= 4 is 0 Å². The van der Waals surface area contributed by atoms with Crippen molar-refractivity contribution in [2.45, 2.75) is 19.4 Å². The molecule has 1 unspecified atom stereocenters. The Balaban J connectivity index is 3.18. The first kappa shape index (κ1) is 10.1. The van der Waals surface area contributed by atoms with Gasteiger partial charge in [0.25, 0.3) is 0 Å². The predicted molar refractivity (Wildman–Crippen MR) is 43.5 cm³/mol. The maximum absolute atomic E-state index is 13.0. The van der Waals surface area contributed by atoms with Crippen molar-refractivity contribution in [1.29, 1.82) is 0 Å². The Hall–Kier alpha value is -1.03. The molecule has 1 nitrogen and oxygen atoms in total. The van der Waals surface area contributed by atoms with Crippen LogP contribution in [0.2, 0.25) is 0 Å². The molecule has 0 bridgehead atoms. The van der Waals surface area contributed by atoms with E-state index in [-0.39, 0.29) is 5.56 Å². The Morgan fingerprint density at radius 1 is 1.23 bits per heavy atom. The van der Waals surface area contributed by atoms with E-state index in [1.165, 1.54) is 6.07 Å². The zero-order valence-electron chi connectivity index (χ0n) is 7.15. The van der Waals surface area contributed by atoms with Gasteiger partial charge < -0.3 is 5.73 Å². The Kier molecular flexibility index (Phi) is 2.93. The Bertz CT molecular complexity index is 312. The SMILES string of the molecule is CCC(N)c1ccc(F)c(F)c1F. The molecule has 0 fully saturated rings. The van der Waals surface area contributed by atoms with Crippen molar-refractivity contribution in [2.75, 3.05) is 0 Å². The lowest BCUT2D eigenvalue weighted by molar-refractivity contribution is 0.434. The fourth-order valence-electron chi connectivity index (χ4n) is 1.05. The third kappa shape index (κ3) is 1.83. The average Bonchev–Trinajstić information content (AvgIpc) is 2.13. The van der Waals surface area contributed by atoms with Crippen LogP contribution in [0.25, 0.3) is 0 Å². The number of benzene rings is 1. The molecule has 0 spiro atoms. The second-order valence-electron chi connectivity index (χ2n) is 2.78. The first-order valence-corrected chi connectivity index (χ1v) is 3.96. The molecule has 0 radical (unpaired) electrons. The standard InChI is InChI=1S/C9H10F3N/c1-2-7(13)5-3-4-6(10)9(12)8(5)11/h3-4,7H,2,13H2,1H3. The summed E-state index contributed by atoms with van der Waals surface area (Å²) in [6.07, 6.45) is 0.474. The van der Waals surface area contributed by atoms with Gasteiger partial charge in [-0.2, -0.15) is 0 Å². The second kappa shape index (κ2) is 3.79. The Labute approximate surface area is 74.4 Å². The van der Waals surface area contributed by atoms with E-state index >= 15 is 0 Å². The Morgan fingerprint density at radius 2 is 1.85 bits per heavy atom. The van der Waals surface area contributed by atoms with Crippen LogP contribution in [0.3, 0.4) is 0 Å². The van der Waals surface area contributed by atoms with E-state index < -0.39 is 23.5 Å². The molecule has 13 heavy (non-hydrogen) atoms. The molecule has 72 valence electrons. The highest BCUT2D eigenvalue weighted by Crippen LogP contribution is 2.21. The van der Waals surface area contributed by atoms with Gasteiger partial charge in [-0.25, -0.2) is 13.2 Å². The molecule has 1 atom stereocenters. The predicted octanol–water partition coefficient (Wildman–Crippen LogP) is 2.51. The number of halogens is 3. The van der Waals surface area contributed by atoms with E-state index in [1.807, 2.05) is 0 Å². The molecule has 0 saturated heterocycles. The van der Waals surface area contributed by atoms with Crippen LogP contribution in [0.15, 0.2) is 12.1 Å². The van der Waals surface area contributed by atoms with Crippen LogP contribution in [-0.2, 0) is 0 Å². The van der Waals surface area contributed by atoms with Gasteiger partial charge in [0.05, 0.1) is 0 Å². The maximum Gasteiger partial charge on any atom is 0.194 e. The van der Waals surface area contributed by atoms with Crippen LogP contribution in [0.1, 0.15) is 24.9 Å². The fraction of sp³-hybridized carbons (Fsp3) is 0.333. The van der Waals surface area contributed by atoms with Crippen molar-refractivity contribution in [3.63, 3.8) is 0 Å². The lowest BCUT2D eigenvalue weighted by Crippen LogP contribution is -2.12. The van der Waals surface area contributed by atoms with E-state index in [1.54, 1.807) is 6.92 Å². The zero-order valence-corrected chi connectivity index (χ0v) is 7.15. The van der Waals surface area contributed by atoms with Gasteiger partial charge in [-0.05, 0) is 12.5 Å². The van der Waals surface area contributed by atoms with Gasteiger partial charge >= 0.3 is 0 Å². The normalized spacial score (nSPS) is 13.0. The molecule has 2 N–H and O–H groups in total. The quantitative estimate of drug-likeness (QED) is 0.711. The molecule has 0 aromatic heterocycles. The van der Waals surface area contributed by atoms with Crippen LogP contribution in [0, 0.1) is 17.5 Å². The monoisotopic (exact) mass is 189 g/mol. The highest BCUT2D eigenvalue weighted by Gasteiger charge is 2.16. The molecular formula is C9H10F3N. The van der Waals surface area contributed by atoms with Gasteiger partial charge in [0, 0.05) is 11.6 Å². The van der Waals surface area contributed by atoms with Crippen LogP contribution >= 0.6 is 0 Å². The van der Waals surface area contributed by atoms with Crippen LogP contribution in [0.4, 0.5) is 13.2 Å². The summed E-state index contributed by atoms with van der Waals surface area (Å²) < 4.78 is 38.2. The van der Waals surface area contributed by atoms with Crippen LogP contribution in [-0.4, -0.2) is 0 Å². The van der Waals surface area contributed by atoms with Gasteiger partial charge in [-0.15, -0.1) is 0 Å². The minimum atomic E-state index is -1.46. The third-order valence-corrected chi connectivity index (χ3v) is 1.90. The number of rotatable bonds is 2. The van der Waals surface area contributed by atoms with Gasteiger partial charge in [0.15, 0.2) is 17.5 Å². The van der Waals surface area contributed by atoms with Crippen LogP contribution < -0.4 is 5.73 Å². The zero-order chi connectivity index (χ0) is 10.0. The maximum atomic E-state index is 13.0. The molecule has 0 aliphatic rings. The number of hydrogen-bond acceptors (Lipinski definition) is 1. The van der Waals surface area contributed by atoms with Gasteiger partial charge in [0.2, 0.25) is 0 Å². The minimum absolute atomic E-state index is 0.0152. The summed E-state index contributed by atoms with van der Waals surface area (Å²) in [5, 5.41) is 0. The summed E-state index contributed by atoms with van der Waals surface area (Å²) >= 11 is 0. The third-order valence-electron chi connectivity index (χ3n) is 1.90. The molecule has 0 aliphatic heterocycles. The molecule has 0 heterocycles. The van der Waals surface area contributed by atoms with E-state index in [0.29, 0.717) is 6.42 Å². The number of hydrogen-bond donors (Lipinski definition) is 1. The summed E-state index contributed by atoms with van der Waals surface area (Å²) in [7, 11) is 0. The molecule has 0 saturated carbocycles. The van der Waals surface area contributed by atoms with Crippen molar-refractivity contribution in [3.8, 4) is 0 Å². The first-order chi connectivity index (χ1) is 6.07. The van der Waals surface area contributed by atoms with E-state index in [2.05, 4.69) is 0 Å². The summed E-state index contributed by atoms with van der Waals surface area (Å²) in [5.74, 6) is -3.83. The van der Waals surface area contributed by atoms with Crippen molar-refractivity contribution in [3.05, 3.63) is 35.1 Å². The van der Waals surface area contributed by atoms with Gasteiger partial charge in [0.1, 0.15) is 0 Å². The molecule has 0 amide bonds. The lowest BCUT2D eigenvalue weighted by Gasteiger charge is -2.10. The van der Waals surface area contributed by atoms with Crippen molar-refractivity contribution in [1.82, 2.24) is 0 Å². The largest absolute Gasteiger partial charge is 0.324 e. The van der Waals surface area contributed by atoms with E-state index in [4.69, 9.17) is 5.73 Å². The average molecular weight is 189 g/mol. The first-order valence-electron chi connectivity index (χ1n) is 3.96. The van der Waals surface area contributed by atoms with E-state index in [0.717, 1.165) is 6.07 Å². The topological polar surface area (TPSA) is 26.0 Å². The van der Waals surface area contributed by atoms with Gasteiger partial charge in [-0.1, -0.05) is 13.0 Å². The molecule has 4 heteroatoms. The molecule has 1 rings (SSSR count). The molecular weight excluding hydrogens is 179 g/mol. The molecule has 0 aliphatic carbocycles. The van der Waals surface area contributed by atoms with E-state index in [9.17, 15) is 13.2 Å². The van der Waals surface area contributed by atoms with Crippen molar-refractivity contribution < 1.29 is 13.2 Å². The number of nitrogens with two attached hydrogens (primary N) is 1. The highest BCUT2D eigenvalue weighted by molar-refractivity contribution is 5.23. The molecule has 1 aromatic carbocycles. The summed E-state index contributed by atoms with van der Waals surface area (Å²) in [5.41, 5.74) is 5.50. The summed E-state index contributed by atoms with van der Waals surface area (Å²) in [4.78, 5) is 0. The lowest BCUT2D eigenvalue weighted by atomic mass is 10.0. The smallest absolute Gasteiger partial charge is 0.194 e. The van der Waals surface area contributed by atoms with Crippen molar-refractivity contribution in [2.24, 2.45) is 5.73 Å². The minimum Gasteiger partial charge on any atom is -0.324 e.